The van der Waals surface area contributed by atoms with Gasteiger partial charge in [-0.25, -0.2) is 15.0 Å². The molecule has 172 valence electrons. The van der Waals surface area contributed by atoms with Crippen molar-refractivity contribution in [3.05, 3.63) is 84.2 Å². The summed E-state index contributed by atoms with van der Waals surface area (Å²) < 4.78 is 7.62. The molecule has 5 aromatic rings. The summed E-state index contributed by atoms with van der Waals surface area (Å²) in [5.41, 5.74) is 6.00. The van der Waals surface area contributed by atoms with E-state index in [0.717, 1.165) is 70.9 Å². The van der Waals surface area contributed by atoms with Gasteiger partial charge >= 0.3 is 0 Å². The molecule has 5 heterocycles. The van der Waals surface area contributed by atoms with Crippen LogP contribution in [0.2, 0.25) is 0 Å². The summed E-state index contributed by atoms with van der Waals surface area (Å²) in [7, 11) is 0. The van der Waals surface area contributed by atoms with Crippen LogP contribution in [0.1, 0.15) is 17.1 Å². The minimum Gasteiger partial charge on any atom is -0.378 e. The number of rotatable bonds is 5. The summed E-state index contributed by atoms with van der Waals surface area (Å²) in [4.78, 5) is 21.1. The van der Waals surface area contributed by atoms with Gasteiger partial charge < -0.3 is 9.64 Å². The molecule has 8 nitrogen and oxygen atoms in total. The van der Waals surface area contributed by atoms with Crippen molar-refractivity contribution >= 4 is 22.4 Å². The molecule has 1 saturated heterocycles. The topological polar surface area (TPSA) is 92.2 Å². The van der Waals surface area contributed by atoms with E-state index >= 15 is 0 Å². The van der Waals surface area contributed by atoms with Crippen molar-refractivity contribution in [2.45, 2.75) is 12.8 Å². The zero-order valence-electron chi connectivity index (χ0n) is 19.1. The van der Waals surface area contributed by atoms with E-state index in [4.69, 9.17) is 25.0 Å². The number of morpholine rings is 1. The lowest BCUT2D eigenvalue weighted by atomic mass is 10.1. The highest BCUT2D eigenvalue weighted by Crippen LogP contribution is 2.27. The van der Waals surface area contributed by atoms with E-state index in [1.165, 1.54) is 0 Å². The van der Waals surface area contributed by atoms with Crippen LogP contribution in [-0.2, 0) is 17.6 Å². The number of aryl methyl sites for hydroxylation is 2. The molecule has 0 bridgehead atoms. The molecule has 8 heteroatoms. The quantitative estimate of drug-likeness (QED) is 0.393. The maximum atomic E-state index is 9.11. The fraction of sp³-hybridized carbons (Fsp3) is 0.222. The van der Waals surface area contributed by atoms with Crippen molar-refractivity contribution in [3.8, 4) is 17.3 Å². The molecule has 0 unspecified atom stereocenters. The fourth-order valence-corrected chi connectivity index (χ4v) is 4.46. The summed E-state index contributed by atoms with van der Waals surface area (Å²) in [6.07, 6.45) is 7.21. The number of ether oxygens (including phenoxy) is 1. The third kappa shape index (κ3) is 4.18. The molecule has 1 aliphatic rings. The lowest BCUT2D eigenvalue weighted by Crippen LogP contribution is -2.37. The molecule has 1 aliphatic heterocycles. The molecule has 0 N–H and O–H groups in total. The summed E-state index contributed by atoms with van der Waals surface area (Å²) in [6.45, 7) is 2.92. The van der Waals surface area contributed by atoms with Crippen LogP contribution in [-0.4, -0.2) is 50.6 Å². The van der Waals surface area contributed by atoms with E-state index in [9.17, 15) is 0 Å². The first-order chi connectivity index (χ1) is 17.3. The predicted molar refractivity (Wildman–Crippen MR) is 133 cm³/mol. The van der Waals surface area contributed by atoms with Crippen molar-refractivity contribution in [2.75, 3.05) is 31.2 Å². The van der Waals surface area contributed by atoms with Gasteiger partial charge in [0.25, 0.3) is 0 Å². The first-order valence-electron chi connectivity index (χ1n) is 11.7. The first kappa shape index (κ1) is 21.2. The van der Waals surface area contributed by atoms with Crippen LogP contribution in [0, 0.1) is 11.3 Å². The molecular weight excluding hydrogens is 438 g/mol. The SMILES string of the molecule is N#Cc1ccc(-c2cnc(N3CCOCC3)c3nc(CCc4ccc5ccccc5n4)cn23)cn1. The Kier molecular flexibility index (Phi) is 5.53. The zero-order valence-corrected chi connectivity index (χ0v) is 19.1. The second-order valence-electron chi connectivity index (χ2n) is 8.53. The van der Waals surface area contributed by atoms with E-state index in [0.29, 0.717) is 18.9 Å². The summed E-state index contributed by atoms with van der Waals surface area (Å²) in [6, 6.07) is 18.1. The Morgan fingerprint density at radius 3 is 2.57 bits per heavy atom. The third-order valence-corrected chi connectivity index (χ3v) is 6.30. The standard InChI is InChI=1S/C27H23N7O/c28-15-22-8-6-20(16-29-22)25-17-30-26(33-11-13-35-14-12-33)27-32-23(18-34(25)27)10-9-21-7-5-19-3-1-2-4-24(19)31-21/h1-8,16-18H,9-14H2. The number of para-hydroxylation sites is 1. The molecule has 1 aromatic carbocycles. The van der Waals surface area contributed by atoms with Gasteiger partial charge in [0.2, 0.25) is 0 Å². The Morgan fingerprint density at radius 1 is 0.886 bits per heavy atom. The van der Waals surface area contributed by atoms with Gasteiger partial charge in [-0.05, 0) is 37.1 Å². The molecule has 0 spiro atoms. The van der Waals surface area contributed by atoms with Gasteiger partial charge in [-0.15, -0.1) is 0 Å². The Labute approximate surface area is 202 Å². The number of nitriles is 1. The van der Waals surface area contributed by atoms with Crippen LogP contribution < -0.4 is 4.90 Å². The number of hydrogen-bond donors (Lipinski definition) is 0. The Bertz CT molecular complexity index is 1550. The van der Waals surface area contributed by atoms with Gasteiger partial charge in [-0.3, -0.25) is 9.38 Å². The number of anilines is 1. The number of imidazole rings is 1. The van der Waals surface area contributed by atoms with E-state index in [1.54, 1.807) is 12.3 Å². The van der Waals surface area contributed by atoms with Gasteiger partial charge in [0.15, 0.2) is 11.5 Å². The monoisotopic (exact) mass is 461 g/mol. The molecular formula is C27H23N7O. The van der Waals surface area contributed by atoms with Crippen molar-refractivity contribution in [1.29, 1.82) is 5.26 Å². The van der Waals surface area contributed by atoms with Gasteiger partial charge in [0, 0.05) is 42.1 Å². The zero-order chi connectivity index (χ0) is 23.6. The number of fused-ring (bicyclic) bond motifs is 2. The lowest BCUT2D eigenvalue weighted by molar-refractivity contribution is 0.122. The number of nitrogens with zero attached hydrogens (tertiary/aromatic N) is 7. The van der Waals surface area contributed by atoms with E-state index in [-0.39, 0.29) is 0 Å². The second-order valence-corrected chi connectivity index (χ2v) is 8.53. The van der Waals surface area contributed by atoms with Gasteiger partial charge in [-0.2, -0.15) is 5.26 Å². The van der Waals surface area contributed by atoms with E-state index in [1.807, 2.05) is 30.5 Å². The summed E-state index contributed by atoms with van der Waals surface area (Å²) in [5.74, 6) is 0.855. The van der Waals surface area contributed by atoms with E-state index in [2.05, 4.69) is 44.7 Å². The maximum absolute atomic E-state index is 9.11. The Hall–Kier alpha value is -4.35. The average Bonchev–Trinajstić information content (AvgIpc) is 3.36. The first-order valence-corrected chi connectivity index (χ1v) is 11.7. The molecule has 0 aliphatic carbocycles. The van der Waals surface area contributed by atoms with Crippen molar-refractivity contribution in [2.24, 2.45) is 0 Å². The molecule has 4 aromatic heterocycles. The second kappa shape index (κ2) is 9.12. The van der Waals surface area contributed by atoms with Crippen LogP contribution in [0.3, 0.4) is 0 Å². The number of benzene rings is 1. The average molecular weight is 462 g/mol. The molecule has 0 radical (unpaired) electrons. The highest BCUT2D eigenvalue weighted by atomic mass is 16.5. The van der Waals surface area contributed by atoms with E-state index < -0.39 is 0 Å². The van der Waals surface area contributed by atoms with Crippen molar-refractivity contribution in [1.82, 2.24) is 24.3 Å². The molecule has 1 fully saturated rings. The summed E-state index contributed by atoms with van der Waals surface area (Å²) in [5, 5.41) is 10.2. The fourth-order valence-electron chi connectivity index (χ4n) is 4.46. The normalized spacial score (nSPS) is 13.9. The van der Waals surface area contributed by atoms with Crippen LogP contribution in [0.25, 0.3) is 27.8 Å². The Morgan fingerprint density at radius 2 is 1.74 bits per heavy atom. The molecule has 35 heavy (non-hydrogen) atoms. The number of hydrogen-bond acceptors (Lipinski definition) is 7. The lowest BCUT2D eigenvalue weighted by Gasteiger charge is -2.28. The van der Waals surface area contributed by atoms with Crippen molar-refractivity contribution < 1.29 is 4.74 Å². The summed E-state index contributed by atoms with van der Waals surface area (Å²) >= 11 is 0. The maximum Gasteiger partial charge on any atom is 0.181 e. The molecule has 6 rings (SSSR count). The van der Waals surface area contributed by atoms with Crippen LogP contribution in [0.15, 0.2) is 67.1 Å². The van der Waals surface area contributed by atoms with Crippen LogP contribution >= 0.6 is 0 Å². The van der Waals surface area contributed by atoms with Gasteiger partial charge in [0.05, 0.1) is 36.3 Å². The predicted octanol–water partition coefficient (Wildman–Crippen LogP) is 3.83. The molecule has 0 amide bonds. The Balaban J connectivity index is 1.36. The largest absolute Gasteiger partial charge is 0.378 e. The van der Waals surface area contributed by atoms with Gasteiger partial charge in [0.1, 0.15) is 11.8 Å². The minimum atomic E-state index is 0.386. The highest BCUT2D eigenvalue weighted by molar-refractivity contribution is 5.78. The number of aromatic nitrogens is 5. The molecule has 0 atom stereocenters. The van der Waals surface area contributed by atoms with Crippen molar-refractivity contribution in [3.63, 3.8) is 0 Å². The minimum absolute atomic E-state index is 0.386. The third-order valence-electron chi connectivity index (χ3n) is 6.30. The molecule has 0 saturated carbocycles. The number of pyridine rings is 2. The van der Waals surface area contributed by atoms with Crippen LogP contribution in [0.5, 0.6) is 0 Å². The van der Waals surface area contributed by atoms with Gasteiger partial charge in [-0.1, -0.05) is 24.3 Å². The highest BCUT2D eigenvalue weighted by Gasteiger charge is 2.20. The smallest absolute Gasteiger partial charge is 0.181 e. The van der Waals surface area contributed by atoms with Crippen LogP contribution in [0.4, 0.5) is 5.82 Å².